The van der Waals surface area contributed by atoms with Crippen molar-refractivity contribution in [2.24, 2.45) is 0 Å². The maximum Gasteiger partial charge on any atom is 0.335 e. The molecule has 0 amide bonds. The Kier molecular flexibility index (Phi) is 2.76. The molecule has 1 aromatic carbocycles. The molecule has 3 heteroatoms. The lowest BCUT2D eigenvalue weighted by Gasteiger charge is -2.02. The van der Waals surface area contributed by atoms with Crippen LogP contribution in [0.1, 0.15) is 21.5 Å². The second-order valence-electron chi connectivity index (χ2n) is 2.61. The van der Waals surface area contributed by atoms with Crippen LogP contribution in [0, 0.1) is 6.92 Å². The molecule has 12 heavy (non-hydrogen) atoms. The lowest BCUT2D eigenvalue weighted by Crippen LogP contribution is -2.00. The van der Waals surface area contributed by atoms with Crippen molar-refractivity contribution in [2.75, 3.05) is 0 Å². The van der Waals surface area contributed by atoms with Gasteiger partial charge in [0.2, 0.25) is 0 Å². The van der Waals surface area contributed by atoms with E-state index in [0.29, 0.717) is 11.3 Å². The number of aromatic carboxylic acids is 1. The van der Waals surface area contributed by atoms with Gasteiger partial charge < -0.3 is 5.11 Å². The van der Waals surface area contributed by atoms with Crippen LogP contribution in [0.3, 0.4) is 0 Å². The van der Waals surface area contributed by atoms with Crippen molar-refractivity contribution in [3.8, 4) is 0 Å². The van der Waals surface area contributed by atoms with E-state index in [4.69, 9.17) is 5.11 Å². The van der Waals surface area contributed by atoms with Crippen molar-refractivity contribution >= 4 is 18.6 Å². The highest BCUT2D eigenvalue weighted by atomic mass is 32.1. The van der Waals surface area contributed by atoms with Crippen LogP contribution in [-0.2, 0) is 5.75 Å². The Morgan fingerprint density at radius 1 is 1.58 bits per heavy atom. The number of hydrogen-bond acceptors (Lipinski definition) is 2. The summed E-state index contributed by atoms with van der Waals surface area (Å²) in [6, 6.07) is 5.34. The number of thiol groups is 1. The van der Waals surface area contributed by atoms with E-state index >= 15 is 0 Å². The molecule has 0 unspecified atom stereocenters. The molecule has 64 valence electrons. The summed E-state index contributed by atoms with van der Waals surface area (Å²) in [6.07, 6.45) is 0. The first-order valence-electron chi connectivity index (χ1n) is 3.59. The number of rotatable bonds is 2. The molecule has 0 atom stereocenters. The van der Waals surface area contributed by atoms with Crippen molar-refractivity contribution in [3.05, 3.63) is 34.9 Å². The topological polar surface area (TPSA) is 37.3 Å². The zero-order valence-electron chi connectivity index (χ0n) is 6.74. The van der Waals surface area contributed by atoms with Gasteiger partial charge in [-0.05, 0) is 24.1 Å². The highest BCUT2D eigenvalue weighted by Crippen LogP contribution is 2.12. The van der Waals surface area contributed by atoms with Gasteiger partial charge in [-0.15, -0.1) is 0 Å². The fourth-order valence-corrected chi connectivity index (χ4v) is 1.19. The van der Waals surface area contributed by atoms with Crippen LogP contribution in [0.15, 0.2) is 18.2 Å². The van der Waals surface area contributed by atoms with Crippen LogP contribution < -0.4 is 0 Å². The van der Waals surface area contributed by atoms with Crippen LogP contribution in [-0.4, -0.2) is 11.1 Å². The van der Waals surface area contributed by atoms with E-state index in [1.54, 1.807) is 19.1 Å². The third-order valence-electron chi connectivity index (χ3n) is 1.71. The van der Waals surface area contributed by atoms with Crippen LogP contribution in [0.4, 0.5) is 0 Å². The van der Waals surface area contributed by atoms with Crippen LogP contribution in [0.5, 0.6) is 0 Å². The molecule has 0 spiro atoms. The van der Waals surface area contributed by atoms with Gasteiger partial charge in [0.1, 0.15) is 0 Å². The van der Waals surface area contributed by atoms with Crippen LogP contribution in [0.25, 0.3) is 0 Å². The zero-order chi connectivity index (χ0) is 9.14. The molecule has 0 aliphatic heterocycles. The quantitative estimate of drug-likeness (QED) is 0.687. The maximum absolute atomic E-state index is 10.7. The van der Waals surface area contributed by atoms with Gasteiger partial charge in [-0.3, -0.25) is 0 Å². The summed E-state index contributed by atoms with van der Waals surface area (Å²) in [5.41, 5.74) is 2.08. The monoisotopic (exact) mass is 182 g/mol. The summed E-state index contributed by atoms with van der Waals surface area (Å²) in [6.45, 7) is 1.78. The number of carbonyl (C=O) groups is 1. The van der Waals surface area contributed by atoms with Crippen molar-refractivity contribution in [3.63, 3.8) is 0 Å². The Hall–Kier alpha value is -0.960. The van der Waals surface area contributed by atoms with E-state index in [1.165, 1.54) is 0 Å². The lowest BCUT2D eigenvalue weighted by molar-refractivity contribution is 0.0696. The molecular weight excluding hydrogens is 172 g/mol. The Bertz CT molecular complexity index is 307. The molecule has 1 rings (SSSR count). The molecule has 0 fully saturated rings. The second kappa shape index (κ2) is 3.63. The van der Waals surface area contributed by atoms with Gasteiger partial charge in [0.25, 0.3) is 0 Å². The van der Waals surface area contributed by atoms with E-state index < -0.39 is 5.97 Å². The van der Waals surface area contributed by atoms with E-state index in [9.17, 15) is 4.79 Å². The van der Waals surface area contributed by atoms with Crippen molar-refractivity contribution in [1.29, 1.82) is 0 Å². The Balaban J connectivity index is 3.17. The summed E-state index contributed by atoms with van der Waals surface area (Å²) in [5, 5.41) is 8.76. The molecule has 1 N–H and O–H groups in total. The third-order valence-corrected chi connectivity index (χ3v) is 2.08. The SMILES string of the molecule is Cc1ccc(CS)cc1C(=O)O. The summed E-state index contributed by atoms with van der Waals surface area (Å²) >= 11 is 4.07. The molecule has 2 nitrogen and oxygen atoms in total. The van der Waals surface area contributed by atoms with Gasteiger partial charge in [0, 0.05) is 5.75 Å². The number of benzene rings is 1. The smallest absolute Gasteiger partial charge is 0.335 e. The number of hydrogen-bond donors (Lipinski definition) is 2. The molecule has 0 aliphatic rings. The average molecular weight is 182 g/mol. The Morgan fingerprint density at radius 3 is 2.75 bits per heavy atom. The molecular formula is C9H10O2S. The normalized spacial score (nSPS) is 9.83. The summed E-state index contributed by atoms with van der Waals surface area (Å²) in [7, 11) is 0. The van der Waals surface area contributed by atoms with Gasteiger partial charge in [-0.2, -0.15) is 12.6 Å². The minimum Gasteiger partial charge on any atom is -0.478 e. The average Bonchev–Trinajstić information content (AvgIpc) is 2.05. The Morgan fingerprint density at radius 2 is 2.25 bits per heavy atom. The van der Waals surface area contributed by atoms with Gasteiger partial charge >= 0.3 is 5.97 Å². The first-order valence-corrected chi connectivity index (χ1v) is 4.22. The van der Waals surface area contributed by atoms with Gasteiger partial charge in [-0.25, -0.2) is 4.79 Å². The molecule has 0 radical (unpaired) electrons. The molecule has 0 saturated carbocycles. The van der Waals surface area contributed by atoms with Crippen molar-refractivity contribution in [1.82, 2.24) is 0 Å². The van der Waals surface area contributed by atoms with Gasteiger partial charge in [-0.1, -0.05) is 12.1 Å². The fourth-order valence-electron chi connectivity index (χ4n) is 0.998. The minimum absolute atomic E-state index is 0.363. The predicted molar refractivity (Wildman–Crippen MR) is 50.8 cm³/mol. The van der Waals surface area contributed by atoms with Crippen LogP contribution >= 0.6 is 12.6 Å². The van der Waals surface area contributed by atoms with E-state index in [-0.39, 0.29) is 0 Å². The molecule has 0 heterocycles. The highest BCUT2D eigenvalue weighted by molar-refractivity contribution is 7.79. The number of aryl methyl sites for hydroxylation is 1. The minimum atomic E-state index is -0.879. The van der Waals surface area contributed by atoms with E-state index in [0.717, 1.165) is 11.1 Å². The molecule has 0 aliphatic carbocycles. The van der Waals surface area contributed by atoms with Crippen molar-refractivity contribution < 1.29 is 9.90 Å². The van der Waals surface area contributed by atoms with E-state index in [1.807, 2.05) is 6.07 Å². The summed E-state index contributed by atoms with van der Waals surface area (Å²) in [5.74, 6) is -0.309. The Labute approximate surface area is 76.6 Å². The first kappa shape index (κ1) is 9.13. The summed E-state index contributed by atoms with van der Waals surface area (Å²) < 4.78 is 0. The van der Waals surface area contributed by atoms with Crippen LogP contribution in [0.2, 0.25) is 0 Å². The molecule has 0 saturated heterocycles. The molecule has 0 bridgehead atoms. The number of carboxylic acids is 1. The van der Waals surface area contributed by atoms with Gasteiger partial charge in [0.15, 0.2) is 0 Å². The zero-order valence-corrected chi connectivity index (χ0v) is 7.64. The van der Waals surface area contributed by atoms with E-state index in [2.05, 4.69) is 12.6 Å². The third kappa shape index (κ3) is 1.80. The lowest BCUT2D eigenvalue weighted by atomic mass is 10.1. The predicted octanol–water partition coefficient (Wildman–Crippen LogP) is 2.12. The summed E-state index contributed by atoms with van der Waals surface area (Å²) in [4.78, 5) is 10.7. The molecule has 0 aromatic heterocycles. The number of carboxylic acid groups (broad SMARTS) is 1. The standard InChI is InChI=1S/C9H10O2S/c1-6-2-3-7(5-12)4-8(6)9(10)11/h2-4,12H,5H2,1H3,(H,10,11). The molecule has 1 aromatic rings. The highest BCUT2D eigenvalue weighted by Gasteiger charge is 2.06. The second-order valence-corrected chi connectivity index (χ2v) is 2.93. The fraction of sp³-hybridized carbons (Fsp3) is 0.222. The van der Waals surface area contributed by atoms with Crippen molar-refractivity contribution in [2.45, 2.75) is 12.7 Å². The first-order chi connectivity index (χ1) is 5.65. The largest absolute Gasteiger partial charge is 0.478 e. The maximum atomic E-state index is 10.7. The van der Waals surface area contributed by atoms with Gasteiger partial charge in [0.05, 0.1) is 5.56 Å².